The van der Waals surface area contributed by atoms with E-state index in [2.05, 4.69) is 9.97 Å². The molecule has 0 saturated carbocycles. The van der Waals surface area contributed by atoms with Gasteiger partial charge < -0.3 is 5.11 Å². The lowest BCUT2D eigenvalue weighted by atomic mass is 10.1. The summed E-state index contributed by atoms with van der Waals surface area (Å²) in [4.78, 5) is 8.98. The van der Waals surface area contributed by atoms with Crippen LogP contribution >= 0.6 is 11.6 Å². The van der Waals surface area contributed by atoms with Crippen LogP contribution in [0.4, 0.5) is 0 Å². The largest absolute Gasteiger partial charge is 0.507 e. The second-order valence-electron chi connectivity index (χ2n) is 4.68. The van der Waals surface area contributed by atoms with Crippen LogP contribution in [0.3, 0.4) is 0 Å². The molecule has 104 valence electrons. The first-order chi connectivity index (χ1) is 10.2. The summed E-state index contributed by atoms with van der Waals surface area (Å²) in [7, 11) is 0. The molecule has 2 aromatic carbocycles. The highest BCUT2D eigenvalue weighted by molar-refractivity contribution is 6.32. The first kappa shape index (κ1) is 13.6. The summed E-state index contributed by atoms with van der Waals surface area (Å²) < 4.78 is 0. The quantitative estimate of drug-likeness (QED) is 0.758. The number of benzene rings is 2. The van der Waals surface area contributed by atoms with Crippen LogP contribution < -0.4 is 0 Å². The molecule has 3 rings (SSSR count). The first-order valence-electron chi connectivity index (χ1n) is 6.55. The molecular weight excluding hydrogens is 284 g/mol. The number of hydrogen-bond acceptors (Lipinski definition) is 3. The molecule has 1 N–H and O–H groups in total. The number of aromatic nitrogens is 2. The van der Waals surface area contributed by atoms with Gasteiger partial charge in [0.05, 0.1) is 11.4 Å². The molecule has 3 nitrogen and oxygen atoms in total. The molecule has 3 aromatic rings. The fourth-order valence-corrected chi connectivity index (χ4v) is 2.44. The Labute approximate surface area is 127 Å². The molecule has 0 aliphatic rings. The molecule has 4 heteroatoms. The lowest BCUT2D eigenvalue weighted by molar-refractivity contribution is 0.477. The summed E-state index contributed by atoms with van der Waals surface area (Å²) in [6.07, 6.45) is 0. The fraction of sp³-hybridized carbons (Fsp3) is 0.0588. The number of aromatic hydroxyl groups is 1. The van der Waals surface area contributed by atoms with Gasteiger partial charge in [-0.25, -0.2) is 9.97 Å². The van der Waals surface area contributed by atoms with Gasteiger partial charge in [-0.2, -0.15) is 0 Å². The number of phenols is 1. The molecule has 1 aromatic heterocycles. The second-order valence-corrected chi connectivity index (χ2v) is 5.04. The van der Waals surface area contributed by atoms with Crippen LogP contribution in [0.1, 0.15) is 5.69 Å². The highest BCUT2D eigenvalue weighted by Crippen LogP contribution is 2.33. The molecule has 0 unspecified atom stereocenters. The summed E-state index contributed by atoms with van der Waals surface area (Å²) in [5.41, 5.74) is 3.56. The average Bonchev–Trinajstić information content (AvgIpc) is 2.51. The zero-order valence-corrected chi connectivity index (χ0v) is 12.2. The Morgan fingerprint density at radius 1 is 0.857 bits per heavy atom. The molecule has 0 bridgehead atoms. The molecule has 21 heavy (non-hydrogen) atoms. The van der Waals surface area contributed by atoms with Gasteiger partial charge in [-0.1, -0.05) is 54.1 Å². The number of phenolic OH excluding ortho intramolecular Hbond substituents is 1. The van der Waals surface area contributed by atoms with E-state index in [9.17, 15) is 5.11 Å². The maximum Gasteiger partial charge on any atom is 0.156 e. The minimum atomic E-state index is 0.139. The molecule has 0 atom stereocenters. The molecule has 0 saturated heterocycles. The van der Waals surface area contributed by atoms with E-state index >= 15 is 0 Å². The zero-order valence-electron chi connectivity index (χ0n) is 11.4. The van der Waals surface area contributed by atoms with Crippen LogP contribution in [0.15, 0.2) is 54.6 Å². The van der Waals surface area contributed by atoms with Crippen molar-refractivity contribution in [1.29, 1.82) is 0 Å². The molecule has 0 aliphatic heterocycles. The van der Waals surface area contributed by atoms with Gasteiger partial charge in [-0.05, 0) is 19.1 Å². The van der Waals surface area contributed by atoms with Gasteiger partial charge in [0.2, 0.25) is 0 Å². The Morgan fingerprint density at radius 3 is 2.24 bits per heavy atom. The highest BCUT2D eigenvalue weighted by Gasteiger charge is 2.14. The van der Waals surface area contributed by atoms with Crippen molar-refractivity contribution in [1.82, 2.24) is 9.97 Å². The topological polar surface area (TPSA) is 46.0 Å². The van der Waals surface area contributed by atoms with Gasteiger partial charge in [0, 0.05) is 11.1 Å². The SMILES string of the molecule is Cc1nc(-c2ccccc2O)c(Cl)nc1-c1ccccc1. The molecule has 0 amide bonds. The smallest absolute Gasteiger partial charge is 0.156 e. The van der Waals surface area contributed by atoms with E-state index in [4.69, 9.17) is 11.6 Å². The molecule has 1 heterocycles. The number of nitrogens with zero attached hydrogens (tertiary/aromatic N) is 2. The standard InChI is InChI=1S/C17H13ClN2O/c1-11-15(12-7-3-2-4-8-12)20-17(18)16(19-11)13-9-5-6-10-14(13)21/h2-10,21H,1H3. The minimum absolute atomic E-state index is 0.139. The monoisotopic (exact) mass is 296 g/mol. The Morgan fingerprint density at radius 2 is 1.52 bits per heavy atom. The summed E-state index contributed by atoms with van der Waals surface area (Å²) in [6, 6.07) is 16.7. The lowest BCUT2D eigenvalue weighted by Crippen LogP contribution is -1.97. The number of aryl methyl sites for hydroxylation is 1. The van der Waals surface area contributed by atoms with Crippen molar-refractivity contribution in [3.05, 3.63) is 65.4 Å². The van der Waals surface area contributed by atoms with E-state index in [0.717, 1.165) is 17.0 Å². The Balaban J connectivity index is 2.15. The van der Waals surface area contributed by atoms with E-state index in [1.807, 2.05) is 43.3 Å². The molecule has 0 aliphatic carbocycles. The molecule has 0 spiro atoms. The molecule has 0 fully saturated rings. The van der Waals surface area contributed by atoms with Crippen LogP contribution in [-0.4, -0.2) is 15.1 Å². The molecular formula is C17H13ClN2O. The van der Waals surface area contributed by atoms with Crippen LogP contribution in [0.2, 0.25) is 5.15 Å². The van der Waals surface area contributed by atoms with E-state index in [1.165, 1.54) is 0 Å². The normalized spacial score (nSPS) is 10.6. The van der Waals surface area contributed by atoms with Crippen LogP contribution in [0, 0.1) is 6.92 Å². The number of hydrogen-bond donors (Lipinski definition) is 1. The predicted molar refractivity (Wildman–Crippen MR) is 84.3 cm³/mol. The minimum Gasteiger partial charge on any atom is -0.507 e. The Bertz CT molecular complexity index is 788. The van der Waals surface area contributed by atoms with Crippen LogP contribution in [0.25, 0.3) is 22.5 Å². The third-order valence-corrected chi connectivity index (χ3v) is 3.50. The fourth-order valence-electron chi connectivity index (χ4n) is 2.21. The van der Waals surface area contributed by atoms with Crippen molar-refractivity contribution in [2.75, 3.05) is 0 Å². The van der Waals surface area contributed by atoms with Crippen molar-refractivity contribution < 1.29 is 5.11 Å². The Kier molecular flexibility index (Phi) is 3.59. The van der Waals surface area contributed by atoms with Crippen molar-refractivity contribution in [2.45, 2.75) is 6.92 Å². The summed E-state index contributed by atoms with van der Waals surface area (Å²) in [5, 5.41) is 10.2. The summed E-state index contributed by atoms with van der Waals surface area (Å²) in [5.74, 6) is 0.139. The maximum absolute atomic E-state index is 9.94. The highest BCUT2D eigenvalue weighted by atomic mass is 35.5. The van der Waals surface area contributed by atoms with Crippen LogP contribution in [0.5, 0.6) is 5.75 Å². The predicted octanol–water partition coefficient (Wildman–Crippen LogP) is 4.48. The van der Waals surface area contributed by atoms with E-state index in [0.29, 0.717) is 11.3 Å². The first-order valence-corrected chi connectivity index (χ1v) is 6.92. The summed E-state index contributed by atoms with van der Waals surface area (Å²) in [6.45, 7) is 1.88. The van der Waals surface area contributed by atoms with Gasteiger partial charge in [0.25, 0.3) is 0 Å². The van der Waals surface area contributed by atoms with Gasteiger partial charge in [-0.15, -0.1) is 0 Å². The third-order valence-electron chi connectivity index (χ3n) is 3.23. The zero-order chi connectivity index (χ0) is 14.8. The van der Waals surface area contributed by atoms with E-state index in [1.54, 1.807) is 18.2 Å². The summed E-state index contributed by atoms with van der Waals surface area (Å²) >= 11 is 6.27. The van der Waals surface area contributed by atoms with Gasteiger partial charge >= 0.3 is 0 Å². The second kappa shape index (κ2) is 5.54. The van der Waals surface area contributed by atoms with Crippen molar-refractivity contribution >= 4 is 11.6 Å². The van der Waals surface area contributed by atoms with Crippen molar-refractivity contribution in [2.24, 2.45) is 0 Å². The number of rotatable bonds is 2. The Hall–Kier alpha value is -2.39. The van der Waals surface area contributed by atoms with Gasteiger partial charge in [-0.3, -0.25) is 0 Å². The third kappa shape index (κ3) is 2.60. The van der Waals surface area contributed by atoms with Crippen molar-refractivity contribution in [3.63, 3.8) is 0 Å². The van der Waals surface area contributed by atoms with Gasteiger partial charge in [0.15, 0.2) is 5.15 Å². The lowest BCUT2D eigenvalue weighted by Gasteiger charge is -2.10. The van der Waals surface area contributed by atoms with Gasteiger partial charge in [0.1, 0.15) is 11.4 Å². The number of halogens is 1. The average molecular weight is 297 g/mol. The van der Waals surface area contributed by atoms with Crippen LogP contribution in [-0.2, 0) is 0 Å². The maximum atomic E-state index is 9.94. The van der Waals surface area contributed by atoms with Crippen molar-refractivity contribution in [3.8, 4) is 28.3 Å². The van der Waals surface area contributed by atoms with E-state index in [-0.39, 0.29) is 10.9 Å². The van der Waals surface area contributed by atoms with E-state index < -0.39 is 0 Å². The molecule has 0 radical (unpaired) electrons. The number of para-hydroxylation sites is 1.